The van der Waals surface area contributed by atoms with E-state index in [0.717, 1.165) is 11.8 Å². The molecular weight excluding hydrogens is 357 g/mol. The molecule has 118 valence electrons. The molecule has 0 aliphatic rings. The van der Waals surface area contributed by atoms with Gasteiger partial charge in [0.25, 0.3) is 5.56 Å². The van der Waals surface area contributed by atoms with E-state index in [0.29, 0.717) is 26.6 Å². The Balaban J connectivity index is 2.20. The Morgan fingerprint density at radius 3 is 2.70 bits per heavy atom. The molecule has 23 heavy (non-hydrogen) atoms. The number of aromatic amines is 1. The van der Waals surface area contributed by atoms with Gasteiger partial charge in [-0.15, -0.1) is 0 Å². The maximum atomic E-state index is 12.3. The lowest BCUT2D eigenvalue weighted by atomic mass is 10.2. The maximum absolute atomic E-state index is 12.3. The van der Waals surface area contributed by atoms with Crippen LogP contribution in [0, 0.1) is 0 Å². The normalized spacial score (nSPS) is 10.9. The van der Waals surface area contributed by atoms with E-state index in [9.17, 15) is 9.90 Å². The number of aromatic hydroxyl groups is 1. The molecule has 2 aromatic carbocycles. The van der Waals surface area contributed by atoms with Crippen molar-refractivity contribution in [3.8, 4) is 11.5 Å². The van der Waals surface area contributed by atoms with Gasteiger partial charge in [0.1, 0.15) is 16.4 Å². The lowest BCUT2D eigenvalue weighted by Crippen LogP contribution is -2.08. The van der Waals surface area contributed by atoms with Crippen LogP contribution in [0.4, 0.5) is 0 Å². The molecule has 0 spiro atoms. The van der Waals surface area contributed by atoms with Crippen molar-refractivity contribution in [3.05, 3.63) is 56.8 Å². The van der Waals surface area contributed by atoms with Crippen LogP contribution in [0.3, 0.4) is 0 Å². The number of H-pyrrole nitrogens is 1. The number of hydrogen-bond acceptors (Lipinski definition) is 4. The first-order valence-corrected chi connectivity index (χ1v) is 8.13. The summed E-state index contributed by atoms with van der Waals surface area (Å²) < 4.78 is 5.27. The molecule has 3 rings (SSSR count). The number of para-hydroxylation sites is 1. The zero-order valence-electron chi connectivity index (χ0n) is 11.9. The topological polar surface area (TPSA) is 62.3 Å². The van der Waals surface area contributed by atoms with E-state index in [-0.39, 0.29) is 15.7 Å². The number of nitrogens with one attached hydrogen (secondary N) is 1. The molecule has 0 amide bonds. The second-order valence-corrected chi connectivity index (χ2v) is 6.59. The van der Waals surface area contributed by atoms with E-state index in [1.807, 2.05) is 12.1 Å². The summed E-state index contributed by atoms with van der Waals surface area (Å²) in [6.07, 6.45) is 0. The molecule has 0 fully saturated rings. The van der Waals surface area contributed by atoms with Crippen molar-refractivity contribution in [2.75, 3.05) is 7.11 Å². The molecule has 7 heteroatoms. The number of fused-ring (bicyclic) bond motifs is 1. The van der Waals surface area contributed by atoms with Crippen LogP contribution in [-0.4, -0.2) is 17.2 Å². The fourth-order valence-electron chi connectivity index (χ4n) is 2.22. The molecule has 1 heterocycles. The third-order valence-electron chi connectivity index (χ3n) is 3.24. The van der Waals surface area contributed by atoms with Crippen LogP contribution in [0.5, 0.6) is 11.5 Å². The fourth-order valence-corrected chi connectivity index (χ4v) is 3.76. The minimum atomic E-state index is -0.427. The SMILES string of the molecule is COc1ccccc1Sc1c(O)c2c(Cl)cc(Cl)cc2[nH]c1=O. The van der Waals surface area contributed by atoms with Crippen molar-refractivity contribution in [2.24, 2.45) is 0 Å². The van der Waals surface area contributed by atoms with Gasteiger partial charge in [-0.25, -0.2) is 0 Å². The van der Waals surface area contributed by atoms with Gasteiger partial charge in [-0.1, -0.05) is 47.1 Å². The minimum absolute atomic E-state index is 0.145. The van der Waals surface area contributed by atoms with Gasteiger partial charge in [-0.2, -0.15) is 0 Å². The molecule has 0 unspecified atom stereocenters. The van der Waals surface area contributed by atoms with Gasteiger partial charge >= 0.3 is 0 Å². The predicted molar refractivity (Wildman–Crippen MR) is 93.4 cm³/mol. The highest BCUT2D eigenvalue weighted by molar-refractivity contribution is 7.99. The van der Waals surface area contributed by atoms with Crippen LogP contribution < -0.4 is 10.3 Å². The molecule has 0 saturated carbocycles. The van der Waals surface area contributed by atoms with Crippen LogP contribution in [-0.2, 0) is 0 Å². The minimum Gasteiger partial charge on any atom is -0.506 e. The Kier molecular flexibility index (Phi) is 4.43. The van der Waals surface area contributed by atoms with Gasteiger partial charge in [0.05, 0.1) is 27.9 Å². The summed E-state index contributed by atoms with van der Waals surface area (Å²) in [6, 6.07) is 10.3. The Labute approximate surface area is 146 Å². The summed E-state index contributed by atoms with van der Waals surface area (Å²) in [5.74, 6) is 0.430. The molecule has 2 N–H and O–H groups in total. The monoisotopic (exact) mass is 367 g/mol. The van der Waals surface area contributed by atoms with Gasteiger partial charge in [0.2, 0.25) is 0 Å². The predicted octanol–water partition coefficient (Wildman–Crippen LogP) is 4.70. The first kappa shape index (κ1) is 16.1. The summed E-state index contributed by atoms with van der Waals surface area (Å²) in [4.78, 5) is 15.9. The number of halogens is 2. The second-order valence-electron chi connectivity index (χ2n) is 4.69. The lowest BCUT2D eigenvalue weighted by molar-refractivity contribution is 0.404. The molecule has 3 aromatic rings. The van der Waals surface area contributed by atoms with Gasteiger partial charge in [0, 0.05) is 5.02 Å². The zero-order chi connectivity index (χ0) is 16.6. The third kappa shape index (κ3) is 3.00. The summed E-state index contributed by atoms with van der Waals surface area (Å²) in [7, 11) is 1.54. The molecule has 4 nitrogen and oxygen atoms in total. The van der Waals surface area contributed by atoms with Crippen molar-refractivity contribution in [1.82, 2.24) is 4.98 Å². The smallest absolute Gasteiger partial charge is 0.266 e. The molecule has 0 radical (unpaired) electrons. The summed E-state index contributed by atoms with van der Waals surface area (Å²) >= 11 is 13.2. The standard InChI is InChI=1S/C16H11Cl2NO3S/c1-22-11-4-2-3-5-12(11)23-15-14(20)13-9(18)6-8(17)7-10(13)19-16(15)21/h2-7H,1H3,(H2,19,20,21). The first-order valence-electron chi connectivity index (χ1n) is 6.56. The summed E-state index contributed by atoms with van der Waals surface area (Å²) in [6.45, 7) is 0. The third-order valence-corrected chi connectivity index (χ3v) is 4.90. The van der Waals surface area contributed by atoms with Crippen molar-refractivity contribution in [3.63, 3.8) is 0 Å². The van der Waals surface area contributed by atoms with Gasteiger partial charge < -0.3 is 14.8 Å². The molecule has 1 aromatic heterocycles. The van der Waals surface area contributed by atoms with Crippen molar-refractivity contribution in [2.45, 2.75) is 9.79 Å². The van der Waals surface area contributed by atoms with Crippen LogP contribution in [0.15, 0.2) is 51.0 Å². The summed E-state index contributed by atoms with van der Waals surface area (Å²) in [5, 5.41) is 11.5. The number of rotatable bonds is 3. The molecule has 0 aliphatic carbocycles. The molecule has 0 bridgehead atoms. The van der Waals surface area contributed by atoms with E-state index in [2.05, 4.69) is 4.98 Å². The average molecular weight is 368 g/mol. The number of benzene rings is 2. The Morgan fingerprint density at radius 1 is 1.22 bits per heavy atom. The lowest BCUT2D eigenvalue weighted by Gasteiger charge is -2.11. The molecule has 0 atom stereocenters. The number of ether oxygens (including phenoxy) is 1. The van der Waals surface area contributed by atoms with E-state index < -0.39 is 5.56 Å². The number of methoxy groups -OCH3 is 1. The van der Waals surface area contributed by atoms with Crippen LogP contribution in [0.1, 0.15) is 0 Å². The van der Waals surface area contributed by atoms with Gasteiger partial charge in [-0.05, 0) is 24.3 Å². The highest BCUT2D eigenvalue weighted by Crippen LogP contribution is 2.41. The molecule has 0 aliphatic heterocycles. The van der Waals surface area contributed by atoms with Crippen molar-refractivity contribution in [1.29, 1.82) is 0 Å². The molecule has 0 saturated heterocycles. The van der Waals surface area contributed by atoms with Crippen molar-refractivity contribution >= 4 is 45.9 Å². The second kappa shape index (κ2) is 6.35. The Morgan fingerprint density at radius 2 is 1.96 bits per heavy atom. The van der Waals surface area contributed by atoms with Crippen LogP contribution in [0.2, 0.25) is 10.0 Å². The van der Waals surface area contributed by atoms with Crippen molar-refractivity contribution < 1.29 is 9.84 Å². The summed E-state index contributed by atoms with van der Waals surface area (Å²) in [5.41, 5.74) is -0.0429. The van der Waals surface area contributed by atoms with E-state index in [1.165, 1.54) is 6.07 Å². The van der Waals surface area contributed by atoms with E-state index in [4.69, 9.17) is 27.9 Å². The van der Waals surface area contributed by atoms with Crippen LogP contribution in [0.25, 0.3) is 10.9 Å². The Hall–Kier alpha value is -1.82. The Bertz CT molecular complexity index is 956. The van der Waals surface area contributed by atoms with E-state index in [1.54, 1.807) is 25.3 Å². The highest BCUT2D eigenvalue weighted by atomic mass is 35.5. The molecular formula is C16H11Cl2NO3S. The maximum Gasteiger partial charge on any atom is 0.266 e. The van der Waals surface area contributed by atoms with Crippen LogP contribution >= 0.6 is 35.0 Å². The number of pyridine rings is 1. The van der Waals surface area contributed by atoms with Gasteiger partial charge in [0.15, 0.2) is 0 Å². The first-order chi connectivity index (χ1) is 11.0. The number of aromatic nitrogens is 1. The number of hydrogen-bond donors (Lipinski definition) is 2. The highest BCUT2D eigenvalue weighted by Gasteiger charge is 2.17. The van der Waals surface area contributed by atoms with Gasteiger partial charge in [-0.3, -0.25) is 4.79 Å². The zero-order valence-corrected chi connectivity index (χ0v) is 14.2. The average Bonchev–Trinajstić information content (AvgIpc) is 2.50. The largest absolute Gasteiger partial charge is 0.506 e. The fraction of sp³-hybridized carbons (Fsp3) is 0.0625. The van der Waals surface area contributed by atoms with E-state index >= 15 is 0 Å². The quantitative estimate of drug-likeness (QED) is 0.704.